The van der Waals surface area contributed by atoms with Gasteiger partial charge in [0, 0.05) is 24.5 Å². The number of urea groups is 1. The third-order valence-corrected chi connectivity index (χ3v) is 2.94. The lowest BCUT2D eigenvalue weighted by molar-refractivity contribution is -0.137. The Morgan fingerprint density at radius 2 is 2.06 bits per heavy atom. The Morgan fingerprint density at radius 1 is 1.28 bits per heavy atom. The summed E-state index contributed by atoms with van der Waals surface area (Å²) in [5.74, 6) is -0.754. The number of nitrogens with zero attached hydrogens (tertiary/aromatic N) is 1. The third-order valence-electron chi connectivity index (χ3n) is 2.26. The maximum atomic E-state index is 11.4. The summed E-state index contributed by atoms with van der Waals surface area (Å²) in [6.45, 7) is 0.588. The molecular weight excluding hydrogens is 254 g/mol. The fraction of sp³-hybridized carbons (Fsp3) is 0.545. The van der Waals surface area contributed by atoms with Gasteiger partial charge in [0.05, 0.1) is 0 Å². The average Bonchev–Trinajstić information content (AvgIpc) is 2.80. The molecule has 0 aromatic carbocycles. The Kier molecular flexibility index (Phi) is 6.78. The van der Waals surface area contributed by atoms with Crippen molar-refractivity contribution >= 4 is 28.5 Å². The van der Waals surface area contributed by atoms with E-state index in [0.29, 0.717) is 18.1 Å². The number of hydrogen-bond acceptors (Lipinski definition) is 4. The minimum Gasteiger partial charge on any atom is -0.481 e. The van der Waals surface area contributed by atoms with Crippen LogP contribution in [0.15, 0.2) is 11.6 Å². The van der Waals surface area contributed by atoms with Crippen molar-refractivity contribution in [2.24, 2.45) is 0 Å². The van der Waals surface area contributed by atoms with E-state index in [1.54, 1.807) is 11.6 Å². The first-order chi connectivity index (χ1) is 8.68. The molecule has 0 aliphatic rings. The van der Waals surface area contributed by atoms with Crippen LogP contribution in [0.25, 0.3) is 0 Å². The quantitative estimate of drug-likeness (QED) is 0.633. The van der Waals surface area contributed by atoms with E-state index in [2.05, 4.69) is 15.6 Å². The number of hydrogen-bond donors (Lipinski definition) is 3. The fourth-order valence-electron chi connectivity index (χ4n) is 1.38. The summed E-state index contributed by atoms with van der Waals surface area (Å²) < 4.78 is 0. The van der Waals surface area contributed by atoms with Gasteiger partial charge >= 0.3 is 12.0 Å². The SMILES string of the molecule is O=C(O)CCCCCCNC(=O)Nc1nccs1. The molecule has 1 heterocycles. The zero-order valence-corrected chi connectivity index (χ0v) is 10.8. The Labute approximate surface area is 109 Å². The number of carboxylic acid groups (broad SMARTS) is 1. The van der Waals surface area contributed by atoms with Crippen molar-refractivity contribution in [3.63, 3.8) is 0 Å². The highest BCUT2D eigenvalue weighted by molar-refractivity contribution is 7.13. The maximum absolute atomic E-state index is 11.4. The Bertz CT molecular complexity index is 368. The molecule has 7 heteroatoms. The van der Waals surface area contributed by atoms with E-state index in [1.807, 2.05) is 0 Å². The summed E-state index contributed by atoms with van der Waals surface area (Å²) in [7, 11) is 0. The van der Waals surface area contributed by atoms with E-state index in [9.17, 15) is 9.59 Å². The Hall–Kier alpha value is -1.63. The summed E-state index contributed by atoms with van der Waals surface area (Å²) in [6, 6.07) is -0.254. The molecule has 6 nitrogen and oxygen atoms in total. The molecule has 3 N–H and O–H groups in total. The standard InChI is InChI=1S/C11H17N3O3S/c15-9(16)5-3-1-2-4-6-12-10(17)14-11-13-7-8-18-11/h7-8H,1-6H2,(H,15,16)(H2,12,13,14,17). The van der Waals surface area contributed by atoms with Gasteiger partial charge in [-0.25, -0.2) is 9.78 Å². The number of rotatable bonds is 8. The van der Waals surface area contributed by atoms with Gasteiger partial charge in [-0.2, -0.15) is 0 Å². The van der Waals surface area contributed by atoms with Crippen LogP contribution in [-0.4, -0.2) is 28.6 Å². The van der Waals surface area contributed by atoms with Crippen LogP contribution in [0.4, 0.5) is 9.93 Å². The van der Waals surface area contributed by atoms with Gasteiger partial charge in [-0.1, -0.05) is 12.8 Å². The van der Waals surface area contributed by atoms with Crippen molar-refractivity contribution in [1.82, 2.24) is 10.3 Å². The predicted molar refractivity (Wildman–Crippen MR) is 69.9 cm³/mol. The normalized spacial score (nSPS) is 10.0. The van der Waals surface area contributed by atoms with Gasteiger partial charge in [0.2, 0.25) is 0 Å². The van der Waals surface area contributed by atoms with E-state index < -0.39 is 5.97 Å². The maximum Gasteiger partial charge on any atom is 0.321 e. The number of carboxylic acids is 1. The molecule has 1 rings (SSSR count). The zero-order chi connectivity index (χ0) is 13.2. The second-order valence-electron chi connectivity index (χ2n) is 3.78. The molecule has 0 aliphatic heterocycles. The molecule has 0 saturated heterocycles. The molecule has 0 unspecified atom stereocenters. The highest BCUT2D eigenvalue weighted by atomic mass is 32.1. The fourth-order valence-corrected chi connectivity index (χ4v) is 1.91. The molecule has 0 atom stereocenters. The van der Waals surface area contributed by atoms with Crippen molar-refractivity contribution in [3.8, 4) is 0 Å². The molecule has 1 aromatic rings. The van der Waals surface area contributed by atoms with Crippen LogP contribution in [0, 0.1) is 0 Å². The average molecular weight is 271 g/mol. The minimum atomic E-state index is -0.754. The van der Waals surface area contributed by atoms with Gasteiger partial charge in [-0.3, -0.25) is 10.1 Å². The largest absolute Gasteiger partial charge is 0.481 e. The molecule has 0 radical (unpaired) electrons. The van der Waals surface area contributed by atoms with E-state index in [4.69, 9.17) is 5.11 Å². The first-order valence-electron chi connectivity index (χ1n) is 5.84. The highest BCUT2D eigenvalue weighted by Crippen LogP contribution is 2.09. The van der Waals surface area contributed by atoms with Crippen molar-refractivity contribution in [3.05, 3.63) is 11.6 Å². The van der Waals surface area contributed by atoms with Gasteiger partial charge in [0.15, 0.2) is 5.13 Å². The van der Waals surface area contributed by atoms with E-state index in [-0.39, 0.29) is 12.5 Å². The summed E-state index contributed by atoms with van der Waals surface area (Å²) in [6.07, 6.45) is 5.19. The molecule has 0 bridgehead atoms. The first kappa shape index (κ1) is 14.4. The predicted octanol–water partition coefficient (Wildman–Crippen LogP) is 2.30. The second kappa shape index (κ2) is 8.46. The number of anilines is 1. The second-order valence-corrected chi connectivity index (χ2v) is 4.67. The number of carbonyl (C=O) groups is 2. The molecule has 2 amide bonds. The third kappa shape index (κ3) is 6.85. The van der Waals surface area contributed by atoms with Crippen LogP contribution >= 0.6 is 11.3 Å². The number of aliphatic carboxylic acids is 1. The topological polar surface area (TPSA) is 91.3 Å². The van der Waals surface area contributed by atoms with Crippen LogP contribution in [0.1, 0.15) is 32.1 Å². The molecule has 0 fully saturated rings. The van der Waals surface area contributed by atoms with E-state index in [0.717, 1.165) is 19.3 Å². The lowest BCUT2D eigenvalue weighted by Crippen LogP contribution is -2.29. The lowest BCUT2D eigenvalue weighted by atomic mass is 10.1. The summed E-state index contributed by atoms with van der Waals surface area (Å²) in [4.78, 5) is 25.5. The molecule has 100 valence electrons. The molecular formula is C11H17N3O3S. The molecule has 18 heavy (non-hydrogen) atoms. The number of thiazole rings is 1. The van der Waals surface area contributed by atoms with Crippen LogP contribution in [0.3, 0.4) is 0 Å². The van der Waals surface area contributed by atoms with Crippen LogP contribution < -0.4 is 10.6 Å². The zero-order valence-electron chi connectivity index (χ0n) is 10.0. The summed E-state index contributed by atoms with van der Waals surface area (Å²) in [5.41, 5.74) is 0. The van der Waals surface area contributed by atoms with Crippen molar-refractivity contribution in [1.29, 1.82) is 0 Å². The lowest BCUT2D eigenvalue weighted by Gasteiger charge is -2.04. The van der Waals surface area contributed by atoms with Gasteiger partial charge in [-0.15, -0.1) is 11.3 Å². The summed E-state index contributed by atoms with van der Waals surface area (Å²) >= 11 is 1.37. The van der Waals surface area contributed by atoms with Crippen LogP contribution in [0.5, 0.6) is 0 Å². The number of unbranched alkanes of at least 4 members (excludes halogenated alkanes) is 3. The van der Waals surface area contributed by atoms with E-state index in [1.165, 1.54) is 11.3 Å². The minimum absolute atomic E-state index is 0.220. The first-order valence-corrected chi connectivity index (χ1v) is 6.72. The van der Waals surface area contributed by atoms with Crippen molar-refractivity contribution < 1.29 is 14.7 Å². The number of amides is 2. The Balaban J connectivity index is 1.94. The van der Waals surface area contributed by atoms with Gasteiger partial charge in [0.1, 0.15) is 0 Å². The van der Waals surface area contributed by atoms with Gasteiger partial charge in [-0.05, 0) is 12.8 Å². The Morgan fingerprint density at radius 3 is 2.72 bits per heavy atom. The molecule has 0 aliphatic carbocycles. The van der Waals surface area contributed by atoms with Crippen molar-refractivity contribution in [2.75, 3.05) is 11.9 Å². The molecule has 0 saturated carbocycles. The number of nitrogens with one attached hydrogen (secondary N) is 2. The number of carbonyl (C=O) groups excluding carboxylic acids is 1. The number of aromatic nitrogens is 1. The van der Waals surface area contributed by atoms with Gasteiger partial charge < -0.3 is 10.4 Å². The van der Waals surface area contributed by atoms with Crippen molar-refractivity contribution in [2.45, 2.75) is 32.1 Å². The highest BCUT2D eigenvalue weighted by Gasteiger charge is 2.02. The monoisotopic (exact) mass is 271 g/mol. The van der Waals surface area contributed by atoms with Crippen LogP contribution in [-0.2, 0) is 4.79 Å². The summed E-state index contributed by atoms with van der Waals surface area (Å²) in [5, 5.41) is 16.1. The van der Waals surface area contributed by atoms with E-state index >= 15 is 0 Å². The van der Waals surface area contributed by atoms with Gasteiger partial charge in [0.25, 0.3) is 0 Å². The smallest absolute Gasteiger partial charge is 0.321 e. The molecule has 0 spiro atoms. The van der Waals surface area contributed by atoms with Crippen LogP contribution in [0.2, 0.25) is 0 Å². The molecule has 1 aromatic heterocycles.